The van der Waals surface area contributed by atoms with E-state index in [2.05, 4.69) is 15.6 Å². The maximum Gasteiger partial charge on any atom is 0.241 e. The van der Waals surface area contributed by atoms with Gasteiger partial charge in [-0.3, -0.25) is 4.79 Å². The van der Waals surface area contributed by atoms with Crippen LogP contribution in [0.2, 0.25) is 0 Å². The number of carbonyl (C=O) groups excluding carboxylic acids is 1. The smallest absolute Gasteiger partial charge is 0.241 e. The Morgan fingerprint density at radius 3 is 2.31 bits per heavy atom. The Labute approximate surface area is 154 Å². The second-order valence-corrected chi connectivity index (χ2v) is 5.88. The first-order valence-corrected chi connectivity index (χ1v) is 8.59. The number of hydrogen-bond acceptors (Lipinski definition) is 3. The maximum atomic E-state index is 11.8. The third kappa shape index (κ3) is 7.25. The molecule has 0 spiro atoms. The van der Waals surface area contributed by atoms with Crippen LogP contribution in [0.3, 0.4) is 0 Å². The van der Waals surface area contributed by atoms with Gasteiger partial charge in [-0.2, -0.15) is 0 Å². The van der Waals surface area contributed by atoms with E-state index >= 15 is 0 Å². The van der Waals surface area contributed by atoms with E-state index in [1.807, 2.05) is 60.7 Å². The highest BCUT2D eigenvalue weighted by molar-refractivity contribution is 5.86. The first-order chi connectivity index (χ1) is 12.6. The van der Waals surface area contributed by atoms with Crippen LogP contribution in [0.5, 0.6) is 5.75 Å². The summed E-state index contributed by atoms with van der Waals surface area (Å²) in [4.78, 5) is 17.9. The summed E-state index contributed by atoms with van der Waals surface area (Å²) >= 11 is 0. The number of aliphatic imine (C=N–C) groups is 1. The quantitative estimate of drug-likeness (QED) is 0.432. The van der Waals surface area contributed by atoms with Gasteiger partial charge in [0, 0.05) is 14.1 Å². The fourth-order valence-corrected chi connectivity index (χ4v) is 2.10. The molecule has 0 aromatic heterocycles. The molecule has 0 bridgehead atoms. The van der Waals surface area contributed by atoms with Gasteiger partial charge >= 0.3 is 0 Å². The monoisotopic (exact) mass is 354 g/mol. The first-order valence-electron chi connectivity index (χ1n) is 8.59. The molecule has 0 fully saturated rings. The van der Waals surface area contributed by atoms with Gasteiger partial charge in [0.1, 0.15) is 12.4 Å². The minimum Gasteiger partial charge on any atom is -0.492 e. The number of rotatable bonds is 8. The van der Waals surface area contributed by atoms with Crippen LogP contribution in [0.1, 0.15) is 5.56 Å². The van der Waals surface area contributed by atoms with E-state index in [1.165, 1.54) is 0 Å². The van der Waals surface area contributed by atoms with E-state index in [4.69, 9.17) is 4.74 Å². The van der Waals surface area contributed by atoms with Crippen molar-refractivity contribution in [1.29, 1.82) is 0 Å². The molecule has 1 amide bonds. The summed E-state index contributed by atoms with van der Waals surface area (Å²) in [6.07, 6.45) is 0. The zero-order valence-electron chi connectivity index (χ0n) is 15.3. The van der Waals surface area contributed by atoms with Crippen molar-refractivity contribution in [2.45, 2.75) is 6.54 Å². The molecular weight excluding hydrogens is 328 g/mol. The number of likely N-dealkylation sites (N-methyl/N-ethyl adjacent to an activating group) is 1. The number of amides is 1. The number of para-hydroxylation sites is 1. The number of ether oxygens (including phenoxy) is 1. The molecule has 0 aliphatic carbocycles. The van der Waals surface area contributed by atoms with Gasteiger partial charge in [0.15, 0.2) is 5.96 Å². The number of carbonyl (C=O) groups is 1. The van der Waals surface area contributed by atoms with Crippen LogP contribution < -0.4 is 15.4 Å². The van der Waals surface area contributed by atoms with E-state index in [0.29, 0.717) is 25.7 Å². The van der Waals surface area contributed by atoms with E-state index in [1.54, 1.807) is 19.0 Å². The molecule has 2 aromatic carbocycles. The van der Waals surface area contributed by atoms with Gasteiger partial charge in [0.05, 0.1) is 19.6 Å². The van der Waals surface area contributed by atoms with Crippen LogP contribution in [-0.2, 0) is 11.3 Å². The molecule has 2 rings (SSSR count). The van der Waals surface area contributed by atoms with Gasteiger partial charge in [-0.15, -0.1) is 0 Å². The standard InChI is InChI=1S/C20H26N4O2/c1-24(2)19(25)16-23-20(22-15-17-9-5-3-6-10-17)21-13-14-26-18-11-7-4-8-12-18/h3-12H,13-16H2,1-2H3,(H2,21,22,23). The number of nitrogens with one attached hydrogen (secondary N) is 2. The lowest BCUT2D eigenvalue weighted by molar-refractivity contribution is -0.127. The molecule has 138 valence electrons. The Morgan fingerprint density at radius 2 is 1.65 bits per heavy atom. The Morgan fingerprint density at radius 1 is 1.00 bits per heavy atom. The Kier molecular flexibility index (Phi) is 7.99. The molecule has 6 heteroatoms. The van der Waals surface area contributed by atoms with Gasteiger partial charge in [-0.05, 0) is 17.7 Å². The van der Waals surface area contributed by atoms with Crippen molar-refractivity contribution in [1.82, 2.24) is 15.5 Å². The van der Waals surface area contributed by atoms with Gasteiger partial charge in [-0.1, -0.05) is 48.5 Å². The number of nitrogens with zero attached hydrogens (tertiary/aromatic N) is 2. The van der Waals surface area contributed by atoms with Gasteiger partial charge in [0.2, 0.25) is 5.91 Å². The lowest BCUT2D eigenvalue weighted by Gasteiger charge is -2.15. The summed E-state index contributed by atoms with van der Waals surface area (Å²) in [5.74, 6) is 1.40. The predicted octanol–water partition coefficient (Wildman–Crippen LogP) is 1.89. The molecule has 2 N–H and O–H groups in total. The number of guanidine groups is 1. The molecule has 0 heterocycles. The first kappa shape index (κ1) is 19.3. The van der Waals surface area contributed by atoms with Crippen molar-refractivity contribution >= 4 is 11.9 Å². The molecule has 0 atom stereocenters. The molecule has 0 unspecified atom stereocenters. The normalized spacial score (nSPS) is 10.9. The highest BCUT2D eigenvalue weighted by Gasteiger charge is 2.06. The molecule has 0 saturated carbocycles. The molecule has 0 aliphatic heterocycles. The molecule has 6 nitrogen and oxygen atoms in total. The highest BCUT2D eigenvalue weighted by atomic mass is 16.5. The highest BCUT2D eigenvalue weighted by Crippen LogP contribution is 2.07. The molecule has 0 aliphatic rings. The van der Waals surface area contributed by atoms with Crippen molar-refractivity contribution in [3.05, 3.63) is 66.2 Å². The van der Waals surface area contributed by atoms with Crippen molar-refractivity contribution in [3.8, 4) is 5.75 Å². The zero-order valence-corrected chi connectivity index (χ0v) is 15.3. The van der Waals surface area contributed by atoms with Gasteiger partial charge in [-0.25, -0.2) is 4.99 Å². The summed E-state index contributed by atoms with van der Waals surface area (Å²) in [7, 11) is 3.46. The average Bonchev–Trinajstić information content (AvgIpc) is 2.67. The summed E-state index contributed by atoms with van der Waals surface area (Å²) < 4.78 is 5.66. The van der Waals surface area contributed by atoms with Crippen LogP contribution >= 0.6 is 0 Å². The summed E-state index contributed by atoms with van der Waals surface area (Å²) in [5, 5.41) is 6.26. The van der Waals surface area contributed by atoms with Crippen LogP contribution in [-0.4, -0.2) is 50.6 Å². The lowest BCUT2D eigenvalue weighted by Crippen LogP contribution is -2.44. The van der Waals surface area contributed by atoms with Crippen molar-refractivity contribution in [2.75, 3.05) is 33.8 Å². The largest absolute Gasteiger partial charge is 0.492 e. The van der Waals surface area contributed by atoms with Crippen molar-refractivity contribution in [3.63, 3.8) is 0 Å². The Bertz CT molecular complexity index is 687. The molecule has 26 heavy (non-hydrogen) atoms. The zero-order chi connectivity index (χ0) is 18.6. The molecule has 2 aromatic rings. The molecular formula is C20H26N4O2. The second kappa shape index (κ2) is 10.8. The number of hydrogen-bond donors (Lipinski definition) is 2. The lowest BCUT2D eigenvalue weighted by atomic mass is 10.2. The molecule has 0 radical (unpaired) electrons. The topological polar surface area (TPSA) is 66.0 Å². The van der Waals surface area contributed by atoms with Crippen molar-refractivity contribution < 1.29 is 9.53 Å². The van der Waals surface area contributed by atoms with E-state index in [9.17, 15) is 4.79 Å². The van der Waals surface area contributed by atoms with E-state index < -0.39 is 0 Å². The van der Waals surface area contributed by atoms with Crippen LogP contribution in [0.15, 0.2) is 65.7 Å². The molecule has 0 saturated heterocycles. The fourth-order valence-electron chi connectivity index (χ4n) is 2.10. The van der Waals surface area contributed by atoms with Crippen LogP contribution in [0.4, 0.5) is 0 Å². The third-order valence-corrected chi connectivity index (χ3v) is 3.57. The van der Waals surface area contributed by atoms with Crippen LogP contribution in [0, 0.1) is 0 Å². The minimum absolute atomic E-state index is 0.0141. The Balaban J connectivity index is 1.85. The maximum absolute atomic E-state index is 11.8. The number of benzene rings is 2. The fraction of sp³-hybridized carbons (Fsp3) is 0.300. The second-order valence-electron chi connectivity index (χ2n) is 5.88. The van der Waals surface area contributed by atoms with Crippen molar-refractivity contribution in [2.24, 2.45) is 4.99 Å². The summed E-state index contributed by atoms with van der Waals surface area (Å²) in [6, 6.07) is 19.6. The third-order valence-electron chi connectivity index (χ3n) is 3.57. The summed E-state index contributed by atoms with van der Waals surface area (Å²) in [5.41, 5.74) is 1.10. The van der Waals surface area contributed by atoms with Gasteiger partial charge < -0.3 is 20.3 Å². The van der Waals surface area contributed by atoms with Crippen LogP contribution in [0.25, 0.3) is 0 Å². The van der Waals surface area contributed by atoms with E-state index in [0.717, 1.165) is 11.3 Å². The predicted molar refractivity (Wildman–Crippen MR) is 104 cm³/mol. The minimum atomic E-state index is -0.0141. The average molecular weight is 354 g/mol. The summed E-state index contributed by atoms with van der Waals surface area (Å²) in [6.45, 7) is 1.79. The van der Waals surface area contributed by atoms with Gasteiger partial charge in [0.25, 0.3) is 0 Å². The SMILES string of the molecule is CN(C)C(=O)CNC(=NCc1ccccc1)NCCOc1ccccc1. The Hall–Kier alpha value is -3.02. The van der Waals surface area contributed by atoms with E-state index in [-0.39, 0.29) is 12.5 Å².